The second kappa shape index (κ2) is 9.10. The molecule has 6 nitrogen and oxygen atoms in total. The van der Waals surface area contributed by atoms with Crippen molar-refractivity contribution < 1.29 is 18.0 Å². The lowest BCUT2D eigenvalue weighted by Gasteiger charge is -2.10. The highest BCUT2D eigenvalue weighted by molar-refractivity contribution is 7.90. The third kappa shape index (κ3) is 5.25. The summed E-state index contributed by atoms with van der Waals surface area (Å²) in [5.74, 6) is -3.04. The zero-order valence-corrected chi connectivity index (χ0v) is 15.7. The molecule has 0 bridgehead atoms. The Morgan fingerprint density at radius 3 is 2.44 bits per heavy atom. The number of hydrogen-bond donors (Lipinski definition) is 1. The predicted molar refractivity (Wildman–Crippen MR) is 101 cm³/mol. The summed E-state index contributed by atoms with van der Waals surface area (Å²) in [6.45, 7) is 2.24. The first-order chi connectivity index (χ1) is 12.9. The van der Waals surface area contributed by atoms with Crippen molar-refractivity contribution >= 4 is 21.5 Å². The fourth-order valence-electron chi connectivity index (χ4n) is 2.50. The minimum atomic E-state index is -3.57. The predicted octanol–water partition coefficient (Wildman–Crippen LogP) is 2.51. The number of nitrogens with one attached hydrogen (secondary N) is 1. The van der Waals surface area contributed by atoms with Crippen molar-refractivity contribution in [2.24, 2.45) is 5.92 Å². The summed E-state index contributed by atoms with van der Waals surface area (Å²) in [5, 5.41) is 11.7. The van der Waals surface area contributed by atoms with Crippen LogP contribution in [0.2, 0.25) is 0 Å². The average molecular weight is 384 g/mol. The highest BCUT2D eigenvalue weighted by Crippen LogP contribution is 2.18. The number of nitrogens with zero attached hydrogens (tertiary/aromatic N) is 1. The van der Waals surface area contributed by atoms with E-state index < -0.39 is 27.4 Å². The number of carbonyl (C=O) groups excluding carboxylic acids is 2. The fourth-order valence-corrected chi connectivity index (χ4v) is 3.86. The maximum absolute atomic E-state index is 12.5. The zero-order valence-electron chi connectivity index (χ0n) is 14.9. The van der Waals surface area contributed by atoms with Crippen LogP contribution in [0.25, 0.3) is 0 Å². The second-order valence-corrected chi connectivity index (χ2v) is 7.98. The number of Topliss-reactive ketones (excluding diaryl/α,β-unsaturated/α-hetero) is 1. The Balaban J connectivity index is 2.23. The van der Waals surface area contributed by atoms with E-state index in [0.29, 0.717) is 18.5 Å². The van der Waals surface area contributed by atoms with E-state index in [0.717, 1.165) is 0 Å². The van der Waals surface area contributed by atoms with Crippen molar-refractivity contribution in [3.63, 3.8) is 0 Å². The number of rotatable bonds is 8. The Labute approximate surface area is 158 Å². The summed E-state index contributed by atoms with van der Waals surface area (Å²) in [5.41, 5.74) is 0.546. The van der Waals surface area contributed by atoms with E-state index in [-0.39, 0.29) is 16.2 Å². The highest BCUT2D eigenvalue weighted by atomic mass is 32.2. The van der Waals surface area contributed by atoms with Gasteiger partial charge in [-0.05, 0) is 30.2 Å². The lowest BCUT2D eigenvalue weighted by atomic mass is 9.97. The van der Waals surface area contributed by atoms with Gasteiger partial charge >= 0.3 is 0 Å². The maximum atomic E-state index is 12.5. The van der Waals surface area contributed by atoms with Gasteiger partial charge in [0, 0.05) is 12.1 Å². The van der Waals surface area contributed by atoms with Gasteiger partial charge in [0.25, 0.3) is 0 Å². The van der Waals surface area contributed by atoms with Gasteiger partial charge in [-0.1, -0.05) is 43.3 Å². The number of nitriles is 1. The van der Waals surface area contributed by atoms with Crippen molar-refractivity contribution in [1.29, 1.82) is 5.26 Å². The first-order valence-electron chi connectivity index (χ1n) is 8.47. The van der Waals surface area contributed by atoms with Gasteiger partial charge in [0.2, 0.25) is 5.91 Å². The average Bonchev–Trinajstić information content (AvgIpc) is 2.67. The molecule has 0 spiro atoms. The summed E-state index contributed by atoms with van der Waals surface area (Å²) < 4.78 is 25.0. The Morgan fingerprint density at radius 2 is 1.81 bits per heavy atom. The molecule has 0 fully saturated rings. The molecule has 2 aromatic carbocycles. The van der Waals surface area contributed by atoms with Gasteiger partial charge in [-0.25, -0.2) is 8.42 Å². The molecule has 0 aliphatic heterocycles. The fraction of sp³-hybridized carbons (Fsp3) is 0.250. The van der Waals surface area contributed by atoms with Gasteiger partial charge in [-0.2, -0.15) is 5.26 Å². The minimum absolute atomic E-state index is 0.133. The number of sulfone groups is 1. The molecule has 1 unspecified atom stereocenters. The quantitative estimate of drug-likeness (QED) is 0.556. The second-order valence-electron chi connectivity index (χ2n) is 5.99. The molecule has 1 amide bonds. The minimum Gasteiger partial charge on any atom is -0.355 e. The first kappa shape index (κ1) is 20.3. The smallest absolute Gasteiger partial charge is 0.245 e. The van der Waals surface area contributed by atoms with Crippen LogP contribution in [0, 0.1) is 17.2 Å². The first-order valence-corrected chi connectivity index (χ1v) is 10.1. The molecule has 7 heteroatoms. The topological polar surface area (TPSA) is 104 Å². The number of hydrogen-bond acceptors (Lipinski definition) is 5. The Hall–Kier alpha value is -2.98. The van der Waals surface area contributed by atoms with E-state index in [1.165, 1.54) is 24.3 Å². The molecule has 0 aromatic heterocycles. The summed E-state index contributed by atoms with van der Waals surface area (Å²) in [6.07, 6.45) is 0.685. The zero-order chi connectivity index (χ0) is 19.9. The molecule has 0 saturated carbocycles. The lowest BCUT2D eigenvalue weighted by molar-refractivity contribution is -0.122. The van der Waals surface area contributed by atoms with Crippen LogP contribution in [0.4, 0.5) is 0 Å². The van der Waals surface area contributed by atoms with Gasteiger partial charge in [-0.3, -0.25) is 9.59 Å². The lowest BCUT2D eigenvalue weighted by Crippen LogP contribution is -2.35. The van der Waals surface area contributed by atoms with Crippen LogP contribution >= 0.6 is 0 Å². The van der Waals surface area contributed by atoms with Crippen LogP contribution < -0.4 is 5.32 Å². The Bertz CT molecular complexity index is 963. The van der Waals surface area contributed by atoms with Crippen molar-refractivity contribution in [2.45, 2.75) is 24.0 Å². The van der Waals surface area contributed by atoms with Crippen LogP contribution in [0.15, 0.2) is 59.5 Å². The van der Waals surface area contributed by atoms with Crippen molar-refractivity contribution in [1.82, 2.24) is 5.32 Å². The van der Waals surface area contributed by atoms with Crippen molar-refractivity contribution in [3.8, 4) is 6.07 Å². The van der Waals surface area contributed by atoms with Crippen LogP contribution in [-0.4, -0.2) is 26.7 Å². The molecule has 140 valence electrons. The van der Waals surface area contributed by atoms with Crippen LogP contribution in [-0.2, 0) is 20.4 Å². The van der Waals surface area contributed by atoms with E-state index in [1.807, 2.05) is 6.92 Å². The summed E-state index contributed by atoms with van der Waals surface area (Å²) in [7, 11) is -3.57. The van der Waals surface area contributed by atoms with Crippen molar-refractivity contribution in [3.05, 3.63) is 65.7 Å². The molecule has 0 radical (unpaired) electrons. The molecule has 1 N–H and O–H groups in total. The molecular weight excluding hydrogens is 364 g/mol. The third-order valence-electron chi connectivity index (χ3n) is 3.87. The number of carbonyl (C=O) groups is 2. The van der Waals surface area contributed by atoms with Crippen LogP contribution in [0.1, 0.15) is 29.3 Å². The molecule has 0 aliphatic rings. The molecule has 1 atom stereocenters. The summed E-state index contributed by atoms with van der Waals surface area (Å²) in [4.78, 5) is 24.7. The van der Waals surface area contributed by atoms with E-state index in [9.17, 15) is 23.3 Å². The van der Waals surface area contributed by atoms with Crippen LogP contribution in [0.5, 0.6) is 0 Å². The largest absolute Gasteiger partial charge is 0.355 e. The van der Waals surface area contributed by atoms with Crippen LogP contribution in [0.3, 0.4) is 0 Å². The molecule has 0 aliphatic carbocycles. The standard InChI is InChI=1S/C20H20N2O4S/c1-2-11-22-20(24)18(13-21)19(23)16-8-6-7-15(12-16)14-27(25,26)17-9-4-3-5-10-17/h3-10,12,18H,2,11,14H2,1H3,(H,22,24). The van der Waals surface area contributed by atoms with E-state index in [4.69, 9.17) is 0 Å². The molecule has 0 heterocycles. The summed E-state index contributed by atoms with van der Waals surface area (Å²) >= 11 is 0. The number of amides is 1. The summed E-state index contributed by atoms with van der Waals surface area (Å²) in [6, 6.07) is 15.8. The van der Waals surface area contributed by atoms with Gasteiger partial charge < -0.3 is 5.32 Å². The molecular formula is C20H20N2O4S. The normalized spacial score (nSPS) is 12.0. The van der Waals surface area contributed by atoms with E-state index in [2.05, 4.69) is 5.32 Å². The highest BCUT2D eigenvalue weighted by Gasteiger charge is 2.27. The SMILES string of the molecule is CCCNC(=O)C(C#N)C(=O)c1cccc(CS(=O)(=O)c2ccccc2)c1. The Kier molecular flexibility index (Phi) is 6.85. The van der Waals surface area contributed by atoms with E-state index in [1.54, 1.807) is 36.4 Å². The van der Waals surface area contributed by atoms with Gasteiger partial charge in [0.05, 0.1) is 16.7 Å². The molecule has 2 aromatic rings. The van der Waals surface area contributed by atoms with E-state index >= 15 is 0 Å². The van der Waals surface area contributed by atoms with Gasteiger partial charge in [0.1, 0.15) is 0 Å². The van der Waals surface area contributed by atoms with Crippen molar-refractivity contribution in [2.75, 3.05) is 6.54 Å². The maximum Gasteiger partial charge on any atom is 0.245 e. The third-order valence-corrected chi connectivity index (χ3v) is 5.58. The van der Waals surface area contributed by atoms with Gasteiger partial charge in [-0.15, -0.1) is 0 Å². The monoisotopic (exact) mass is 384 g/mol. The molecule has 27 heavy (non-hydrogen) atoms. The molecule has 2 rings (SSSR count). The molecule has 0 saturated heterocycles. The van der Waals surface area contributed by atoms with Gasteiger partial charge in [0.15, 0.2) is 21.5 Å². The number of ketones is 1. The Morgan fingerprint density at radius 1 is 1.11 bits per heavy atom. The number of benzene rings is 2.